The second kappa shape index (κ2) is 4.67. The number of rotatable bonds is 3. The van der Waals surface area contributed by atoms with Gasteiger partial charge in [-0.3, -0.25) is 4.68 Å². The van der Waals surface area contributed by atoms with Crippen molar-refractivity contribution in [1.82, 2.24) is 14.8 Å². The molecule has 2 aromatic rings. The molecule has 0 spiro atoms. The largest absolute Gasteiger partial charge is 0.389 e. The van der Waals surface area contributed by atoms with Crippen molar-refractivity contribution >= 4 is 11.8 Å². The number of aromatic nitrogens is 3. The Morgan fingerprint density at radius 2 is 2.19 bits per heavy atom. The lowest BCUT2D eigenvalue weighted by molar-refractivity contribution is 0.198. The molecule has 0 aliphatic rings. The second-order valence-corrected chi connectivity index (χ2v) is 4.65. The molecule has 0 aliphatic heterocycles. The molecule has 2 heterocycles. The predicted molar refractivity (Wildman–Crippen MR) is 62.2 cm³/mol. The molecule has 0 aromatic carbocycles. The minimum absolute atomic E-state index is 0.468. The first-order chi connectivity index (χ1) is 7.65. The van der Waals surface area contributed by atoms with Crippen LogP contribution in [0.1, 0.15) is 18.6 Å². The lowest BCUT2D eigenvalue weighted by Gasteiger charge is -2.04. The number of aliphatic hydroxyl groups excluding tert-OH is 1. The Bertz CT molecular complexity index is 464. The van der Waals surface area contributed by atoms with E-state index in [2.05, 4.69) is 10.1 Å². The fourth-order valence-corrected chi connectivity index (χ4v) is 2.06. The monoisotopic (exact) mass is 235 g/mol. The third-order valence-electron chi connectivity index (χ3n) is 2.15. The van der Waals surface area contributed by atoms with Crippen molar-refractivity contribution in [2.45, 2.75) is 22.9 Å². The van der Waals surface area contributed by atoms with Crippen LogP contribution < -0.4 is 0 Å². The van der Waals surface area contributed by atoms with E-state index in [0.29, 0.717) is 0 Å². The summed E-state index contributed by atoms with van der Waals surface area (Å²) in [7, 11) is 1.88. The topological polar surface area (TPSA) is 50.9 Å². The highest BCUT2D eigenvalue weighted by atomic mass is 32.2. The molecule has 16 heavy (non-hydrogen) atoms. The van der Waals surface area contributed by atoms with Gasteiger partial charge in [-0.25, -0.2) is 4.98 Å². The van der Waals surface area contributed by atoms with E-state index in [1.807, 2.05) is 25.4 Å². The number of hydrogen-bond acceptors (Lipinski definition) is 4. The van der Waals surface area contributed by atoms with E-state index in [4.69, 9.17) is 0 Å². The van der Waals surface area contributed by atoms with Gasteiger partial charge in [0.25, 0.3) is 0 Å². The highest BCUT2D eigenvalue weighted by Crippen LogP contribution is 2.25. The summed E-state index contributed by atoms with van der Waals surface area (Å²) in [6.07, 6.45) is 4.97. The summed E-state index contributed by atoms with van der Waals surface area (Å²) < 4.78 is 1.76. The third-order valence-corrected chi connectivity index (χ3v) is 3.04. The van der Waals surface area contributed by atoms with Crippen molar-refractivity contribution in [3.05, 3.63) is 36.3 Å². The second-order valence-electron chi connectivity index (χ2n) is 3.56. The van der Waals surface area contributed by atoms with Crippen molar-refractivity contribution in [1.29, 1.82) is 0 Å². The fraction of sp³-hybridized carbons (Fsp3) is 0.273. The van der Waals surface area contributed by atoms with Crippen LogP contribution in [0.25, 0.3) is 0 Å². The lowest BCUT2D eigenvalue weighted by atomic mass is 10.2. The van der Waals surface area contributed by atoms with Crippen LogP contribution in [0.5, 0.6) is 0 Å². The van der Waals surface area contributed by atoms with Crippen LogP contribution in [0, 0.1) is 0 Å². The number of pyridine rings is 1. The molecule has 2 aromatic heterocycles. The Morgan fingerprint density at radius 3 is 2.69 bits per heavy atom. The maximum atomic E-state index is 9.35. The van der Waals surface area contributed by atoms with E-state index in [1.165, 1.54) is 0 Å². The molecule has 2 rings (SSSR count). The molecule has 4 nitrogen and oxygen atoms in total. The highest BCUT2D eigenvalue weighted by molar-refractivity contribution is 7.99. The van der Waals surface area contributed by atoms with E-state index >= 15 is 0 Å². The number of aliphatic hydroxyl groups is 1. The van der Waals surface area contributed by atoms with Crippen LogP contribution in [-0.4, -0.2) is 19.9 Å². The van der Waals surface area contributed by atoms with Crippen molar-refractivity contribution in [3.63, 3.8) is 0 Å². The first-order valence-electron chi connectivity index (χ1n) is 4.95. The Balaban J connectivity index is 2.11. The van der Waals surface area contributed by atoms with Gasteiger partial charge in [0.05, 0.1) is 17.2 Å². The van der Waals surface area contributed by atoms with Crippen molar-refractivity contribution in [2.75, 3.05) is 0 Å². The Kier molecular flexibility index (Phi) is 3.26. The van der Waals surface area contributed by atoms with Crippen LogP contribution in [0.4, 0.5) is 0 Å². The minimum Gasteiger partial charge on any atom is -0.389 e. The van der Waals surface area contributed by atoms with Crippen LogP contribution in [0.15, 0.2) is 40.6 Å². The first kappa shape index (κ1) is 11.2. The molecule has 1 atom stereocenters. The number of hydrogen-bond donors (Lipinski definition) is 1. The summed E-state index contributed by atoms with van der Waals surface area (Å²) in [6.45, 7) is 1.73. The Labute approximate surface area is 98.3 Å². The summed E-state index contributed by atoms with van der Waals surface area (Å²) in [5.41, 5.74) is 0.829. The average molecular weight is 235 g/mol. The highest BCUT2D eigenvalue weighted by Gasteiger charge is 2.03. The van der Waals surface area contributed by atoms with Crippen LogP contribution in [0.3, 0.4) is 0 Å². The van der Waals surface area contributed by atoms with Crippen molar-refractivity contribution < 1.29 is 5.11 Å². The molecule has 1 N–H and O–H groups in total. The molecule has 84 valence electrons. The van der Waals surface area contributed by atoms with E-state index in [-0.39, 0.29) is 0 Å². The van der Waals surface area contributed by atoms with Crippen molar-refractivity contribution in [2.24, 2.45) is 7.05 Å². The van der Waals surface area contributed by atoms with Gasteiger partial charge >= 0.3 is 0 Å². The summed E-state index contributed by atoms with van der Waals surface area (Å²) in [5, 5.41) is 14.3. The standard InChI is InChI=1S/C11H13N3OS/c1-8(15)9-3-4-11(12-5-9)16-10-6-13-14(2)7-10/h3-8,15H,1-2H3/t8-/m1/s1. The van der Waals surface area contributed by atoms with Gasteiger partial charge in [-0.2, -0.15) is 5.10 Å². The van der Waals surface area contributed by atoms with Crippen LogP contribution in [-0.2, 0) is 7.05 Å². The zero-order valence-electron chi connectivity index (χ0n) is 9.16. The Morgan fingerprint density at radius 1 is 1.38 bits per heavy atom. The molecule has 0 amide bonds. The maximum absolute atomic E-state index is 9.35. The summed E-state index contributed by atoms with van der Waals surface area (Å²) in [4.78, 5) is 5.33. The Hall–Kier alpha value is -1.33. The first-order valence-corrected chi connectivity index (χ1v) is 5.77. The maximum Gasteiger partial charge on any atom is 0.101 e. The summed E-state index contributed by atoms with van der Waals surface area (Å²) in [5.74, 6) is 0. The zero-order valence-corrected chi connectivity index (χ0v) is 9.98. The summed E-state index contributed by atoms with van der Waals surface area (Å²) >= 11 is 1.55. The zero-order chi connectivity index (χ0) is 11.5. The van der Waals surface area contributed by atoms with E-state index in [9.17, 15) is 5.11 Å². The minimum atomic E-state index is -0.468. The molecule has 0 saturated heterocycles. The molecule has 0 fully saturated rings. The fourth-order valence-electron chi connectivity index (χ4n) is 1.27. The van der Waals surface area contributed by atoms with Crippen LogP contribution >= 0.6 is 11.8 Å². The third kappa shape index (κ3) is 2.62. The predicted octanol–water partition coefficient (Wildman–Crippen LogP) is 2.02. The average Bonchev–Trinajstić information content (AvgIpc) is 2.65. The molecule has 5 heteroatoms. The van der Waals surface area contributed by atoms with Crippen molar-refractivity contribution in [3.8, 4) is 0 Å². The van der Waals surface area contributed by atoms with Crippen LogP contribution in [0.2, 0.25) is 0 Å². The van der Waals surface area contributed by atoms with Gasteiger partial charge in [-0.15, -0.1) is 0 Å². The normalized spacial score (nSPS) is 12.7. The van der Waals surface area contributed by atoms with E-state index in [0.717, 1.165) is 15.5 Å². The smallest absolute Gasteiger partial charge is 0.101 e. The van der Waals surface area contributed by atoms with Gasteiger partial charge in [0, 0.05) is 19.4 Å². The van der Waals surface area contributed by atoms with Gasteiger partial charge in [0.2, 0.25) is 0 Å². The van der Waals surface area contributed by atoms with E-state index in [1.54, 1.807) is 35.8 Å². The molecule has 0 bridgehead atoms. The number of nitrogens with zero attached hydrogens (tertiary/aromatic N) is 3. The van der Waals surface area contributed by atoms with Gasteiger partial charge in [0.15, 0.2) is 0 Å². The molecular weight excluding hydrogens is 222 g/mol. The van der Waals surface area contributed by atoms with E-state index < -0.39 is 6.10 Å². The SMILES string of the molecule is C[C@@H](O)c1ccc(Sc2cnn(C)c2)nc1. The number of aryl methyl sites for hydroxylation is 1. The quantitative estimate of drug-likeness (QED) is 0.884. The molecule has 0 saturated carbocycles. The van der Waals surface area contributed by atoms with Gasteiger partial charge in [0.1, 0.15) is 5.03 Å². The molecular formula is C11H13N3OS. The lowest BCUT2D eigenvalue weighted by Crippen LogP contribution is -1.91. The van der Waals surface area contributed by atoms with Gasteiger partial charge in [-0.05, 0) is 18.6 Å². The molecule has 0 radical (unpaired) electrons. The molecule has 0 aliphatic carbocycles. The summed E-state index contributed by atoms with van der Waals surface area (Å²) in [6, 6.07) is 3.79. The molecule has 0 unspecified atom stereocenters. The van der Waals surface area contributed by atoms with Gasteiger partial charge in [-0.1, -0.05) is 17.8 Å². The van der Waals surface area contributed by atoms with Gasteiger partial charge < -0.3 is 5.11 Å².